The number of carbonyl (C=O) groups is 1. The van der Waals surface area contributed by atoms with Crippen molar-refractivity contribution in [1.29, 1.82) is 0 Å². The van der Waals surface area contributed by atoms with Gasteiger partial charge in [-0.3, -0.25) is 10.1 Å². The Bertz CT molecular complexity index is 450. The zero-order chi connectivity index (χ0) is 13.8. The molecule has 3 nitrogen and oxygen atoms in total. The second kappa shape index (κ2) is 6.20. The van der Waals surface area contributed by atoms with E-state index in [4.69, 9.17) is 5.73 Å². The fourth-order valence-corrected chi connectivity index (χ4v) is 2.98. The molecular formula is C16H24N2O. The molecule has 104 valence electrons. The SMILES string of the molecule is Cc1ccc(C(NC2CCCCC2)C(N)=O)c(C)c1. The average molecular weight is 260 g/mol. The molecule has 0 radical (unpaired) electrons. The summed E-state index contributed by atoms with van der Waals surface area (Å²) in [6.07, 6.45) is 6.10. The quantitative estimate of drug-likeness (QED) is 0.874. The highest BCUT2D eigenvalue weighted by molar-refractivity contribution is 5.82. The Hall–Kier alpha value is -1.35. The minimum atomic E-state index is -0.358. The van der Waals surface area contributed by atoms with Gasteiger partial charge in [0.25, 0.3) is 0 Å². The molecule has 19 heavy (non-hydrogen) atoms. The topological polar surface area (TPSA) is 55.1 Å². The summed E-state index contributed by atoms with van der Waals surface area (Å²) in [5.41, 5.74) is 8.95. The highest BCUT2D eigenvalue weighted by Gasteiger charge is 2.24. The van der Waals surface area contributed by atoms with Crippen molar-refractivity contribution in [2.45, 2.75) is 58.0 Å². The zero-order valence-corrected chi connectivity index (χ0v) is 11.9. The van der Waals surface area contributed by atoms with Gasteiger partial charge in [0.2, 0.25) is 5.91 Å². The van der Waals surface area contributed by atoms with Crippen LogP contribution in [0.1, 0.15) is 54.8 Å². The molecule has 1 aromatic rings. The van der Waals surface area contributed by atoms with Crippen LogP contribution in [0.3, 0.4) is 0 Å². The van der Waals surface area contributed by atoms with Crippen molar-refractivity contribution in [3.63, 3.8) is 0 Å². The van der Waals surface area contributed by atoms with Crippen LogP contribution in [0.5, 0.6) is 0 Å². The van der Waals surface area contributed by atoms with E-state index in [2.05, 4.69) is 18.3 Å². The Morgan fingerprint density at radius 3 is 2.53 bits per heavy atom. The van der Waals surface area contributed by atoms with E-state index in [1.54, 1.807) is 0 Å². The van der Waals surface area contributed by atoms with Crippen molar-refractivity contribution in [3.8, 4) is 0 Å². The molecule has 3 N–H and O–H groups in total. The Balaban J connectivity index is 2.17. The lowest BCUT2D eigenvalue weighted by Gasteiger charge is -2.28. The largest absolute Gasteiger partial charge is 0.368 e. The molecule has 1 unspecified atom stereocenters. The van der Waals surface area contributed by atoms with E-state index in [9.17, 15) is 4.79 Å². The van der Waals surface area contributed by atoms with E-state index in [0.717, 1.165) is 24.0 Å². The first kappa shape index (κ1) is 14.1. The number of amides is 1. The molecule has 1 fully saturated rings. The molecule has 1 aliphatic carbocycles. The van der Waals surface area contributed by atoms with Crippen LogP contribution in [0.4, 0.5) is 0 Å². The van der Waals surface area contributed by atoms with E-state index in [1.807, 2.05) is 19.1 Å². The van der Waals surface area contributed by atoms with Crippen molar-refractivity contribution in [2.24, 2.45) is 5.73 Å². The Morgan fingerprint density at radius 1 is 1.26 bits per heavy atom. The number of carbonyl (C=O) groups excluding carboxylic acids is 1. The molecule has 0 aliphatic heterocycles. The lowest BCUT2D eigenvalue weighted by molar-refractivity contribution is -0.120. The van der Waals surface area contributed by atoms with Gasteiger partial charge in [-0.25, -0.2) is 0 Å². The van der Waals surface area contributed by atoms with Gasteiger partial charge in [-0.1, -0.05) is 43.0 Å². The van der Waals surface area contributed by atoms with Crippen LogP contribution in [0, 0.1) is 13.8 Å². The predicted octanol–water partition coefficient (Wildman–Crippen LogP) is 2.75. The summed E-state index contributed by atoms with van der Waals surface area (Å²) in [6, 6.07) is 6.24. The molecule has 1 saturated carbocycles. The number of aryl methyl sites for hydroxylation is 2. The van der Waals surface area contributed by atoms with E-state index in [0.29, 0.717) is 6.04 Å². The van der Waals surface area contributed by atoms with Crippen molar-refractivity contribution in [3.05, 3.63) is 34.9 Å². The molecular weight excluding hydrogens is 236 g/mol. The normalized spacial score (nSPS) is 18.2. The van der Waals surface area contributed by atoms with Gasteiger partial charge < -0.3 is 5.73 Å². The van der Waals surface area contributed by atoms with Crippen molar-refractivity contribution in [1.82, 2.24) is 5.32 Å². The molecule has 0 heterocycles. The third-order valence-electron chi connectivity index (χ3n) is 4.03. The van der Waals surface area contributed by atoms with Gasteiger partial charge in [0.1, 0.15) is 6.04 Å². The van der Waals surface area contributed by atoms with Gasteiger partial charge in [-0.2, -0.15) is 0 Å². The number of nitrogens with two attached hydrogens (primary N) is 1. The second-order valence-corrected chi connectivity index (χ2v) is 5.70. The highest BCUT2D eigenvalue weighted by Crippen LogP contribution is 2.24. The maximum absolute atomic E-state index is 11.8. The van der Waals surface area contributed by atoms with Crippen LogP contribution in [-0.2, 0) is 4.79 Å². The maximum atomic E-state index is 11.8. The second-order valence-electron chi connectivity index (χ2n) is 5.70. The molecule has 1 atom stereocenters. The monoisotopic (exact) mass is 260 g/mol. The molecule has 0 saturated heterocycles. The van der Waals surface area contributed by atoms with Crippen LogP contribution >= 0.6 is 0 Å². The van der Waals surface area contributed by atoms with Gasteiger partial charge >= 0.3 is 0 Å². The summed E-state index contributed by atoms with van der Waals surface area (Å²) >= 11 is 0. The van der Waals surface area contributed by atoms with Gasteiger partial charge in [-0.05, 0) is 37.8 Å². The summed E-state index contributed by atoms with van der Waals surface area (Å²) in [5, 5.41) is 3.46. The van der Waals surface area contributed by atoms with Crippen LogP contribution in [0.15, 0.2) is 18.2 Å². The van der Waals surface area contributed by atoms with Gasteiger partial charge in [0, 0.05) is 6.04 Å². The summed E-state index contributed by atoms with van der Waals surface area (Å²) in [4.78, 5) is 11.8. The first-order chi connectivity index (χ1) is 9.08. The third-order valence-corrected chi connectivity index (χ3v) is 4.03. The minimum Gasteiger partial charge on any atom is -0.368 e. The molecule has 1 aromatic carbocycles. The predicted molar refractivity (Wildman–Crippen MR) is 77.9 cm³/mol. The van der Waals surface area contributed by atoms with Crippen molar-refractivity contribution in [2.75, 3.05) is 0 Å². The summed E-state index contributed by atoms with van der Waals surface area (Å²) in [5.74, 6) is -0.280. The fraction of sp³-hybridized carbons (Fsp3) is 0.562. The summed E-state index contributed by atoms with van der Waals surface area (Å²) < 4.78 is 0. The van der Waals surface area contributed by atoms with E-state index in [-0.39, 0.29) is 11.9 Å². The van der Waals surface area contributed by atoms with E-state index in [1.165, 1.54) is 24.8 Å². The highest BCUT2D eigenvalue weighted by atomic mass is 16.1. The molecule has 1 amide bonds. The first-order valence-corrected chi connectivity index (χ1v) is 7.20. The van der Waals surface area contributed by atoms with Gasteiger partial charge in [0.05, 0.1) is 0 Å². The van der Waals surface area contributed by atoms with Crippen LogP contribution in [-0.4, -0.2) is 11.9 Å². The van der Waals surface area contributed by atoms with Crippen molar-refractivity contribution < 1.29 is 4.79 Å². The molecule has 0 spiro atoms. The Morgan fingerprint density at radius 2 is 1.95 bits per heavy atom. The lowest BCUT2D eigenvalue weighted by atomic mass is 9.92. The van der Waals surface area contributed by atoms with Gasteiger partial charge in [-0.15, -0.1) is 0 Å². The maximum Gasteiger partial charge on any atom is 0.239 e. The standard InChI is InChI=1S/C16H24N2O/c1-11-8-9-14(12(2)10-11)15(16(17)19)18-13-6-4-3-5-7-13/h8-10,13,15,18H,3-7H2,1-2H3,(H2,17,19). The molecule has 1 aliphatic rings. The molecule has 0 aromatic heterocycles. The fourth-order valence-electron chi connectivity index (χ4n) is 2.98. The lowest BCUT2D eigenvalue weighted by Crippen LogP contribution is -2.41. The molecule has 0 bridgehead atoms. The number of primary amides is 1. The molecule has 2 rings (SSSR count). The summed E-state index contributed by atoms with van der Waals surface area (Å²) in [6.45, 7) is 4.10. The zero-order valence-electron chi connectivity index (χ0n) is 11.9. The average Bonchev–Trinajstić information content (AvgIpc) is 2.38. The van der Waals surface area contributed by atoms with Crippen molar-refractivity contribution >= 4 is 5.91 Å². The van der Waals surface area contributed by atoms with Crippen LogP contribution in [0.2, 0.25) is 0 Å². The number of rotatable bonds is 4. The number of hydrogen-bond donors (Lipinski definition) is 2. The first-order valence-electron chi connectivity index (χ1n) is 7.20. The number of hydrogen-bond acceptors (Lipinski definition) is 2. The summed E-state index contributed by atoms with van der Waals surface area (Å²) in [7, 11) is 0. The Kier molecular flexibility index (Phi) is 4.59. The van der Waals surface area contributed by atoms with Crippen LogP contribution < -0.4 is 11.1 Å². The third kappa shape index (κ3) is 3.57. The Labute approximate surface area is 115 Å². The van der Waals surface area contributed by atoms with Crippen LogP contribution in [0.25, 0.3) is 0 Å². The van der Waals surface area contributed by atoms with E-state index >= 15 is 0 Å². The van der Waals surface area contributed by atoms with Gasteiger partial charge in [0.15, 0.2) is 0 Å². The number of benzene rings is 1. The van der Waals surface area contributed by atoms with E-state index < -0.39 is 0 Å². The number of nitrogens with one attached hydrogen (secondary N) is 1. The smallest absolute Gasteiger partial charge is 0.239 e. The minimum absolute atomic E-state index is 0.280. The molecule has 3 heteroatoms.